The van der Waals surface area contributed by atoms with Gasteiger partial charge in [0.15, 0.2) is 0 Å². The van der Waals surface area contributed by atoms with Crippen molar-refractivity contribution in [2.75, 3.05) is 32.2 Å². The summed E-state index contributed by atoms with van der Waals surface area (Å²) in [7, 11) is 3.01. The maximum absolute atomic E-state index is 13.4. The quantitative estimate of drug-likeness (QED) is 0.562. The third kappa shape index (κ3) is 4.48. The maximum Gasteiger partial charge on any atom is 0.262 e. The van der Waals surface area contributed by atoms with E-state index in [4.69, 9.17) is 14.2 Å². The Morgan fingerprint density at radius 2 is 1.42 bits per heavy atom. The first-order valence-electron chi connectivity index (χ1n) is 10.7. The van der Waals surface area contributed by atoms with Gasteiger partial charge in [0.2, 0.25) is 5.91 Å². The van der Waals surface area contributed by atoms with Crippen LogP contribution in [0.25, 0.3) is 0 Å². The molecule has 1 unspecified atom stereocenters. The Morgan fingerprint density at radius 1 is 0.818 bits per heavy atom. The molecule has 170 valence electrons. The van der Waals surface area contributed by atoms with Crippen LogP contribution in [0.4, 0.5) is 5.69 Å². The van der Waals surface area contributed by atoms with Crippen LogP contribution in [0.1, 0.15) is 17.3 Å². The molecule has 1 aliphatic rings. The van der Waals surface area contributed by atoms with E-state index in [1.165, 1.54) is 14.2 Å². The van der Waals surface area contributed by atoms with Crippen molar-refractivity contribution in [2.24, 2.45) is 0 Å². The molecular formula is C26H26N2O5. The Balaban J connectivity index is 1.50. The molecule has 7 nitrogen and oxygen atoms in total. The summed E-state index contributed by atoms with van der Waals surface area (Å²) < 4.78 is 16.6. The van der Waals surface area contributed by atoms with Gasteiger partial charge in [-0.1, -0.05) is 24.3 Å². The van der Waals surface area contributed by atoms with Gasteiger partial charge in [-0.25, -0.2) is 0 Å². The SMILES string of the molecule is COc1cccc(OC)c1C(=O)N1CCN(c2ccc(Oc3ccccc3)cc2)C(=O)C1C. The normalized spacial score (nSPS) is 15.8. The second-order valence-electron chi connectivity index (χ2n) is 7.61. The number of hydrogen-bond acceptors (Lipinski definition) is 5. The first-order valence-corrected chi connectivity index (χ1v) is 10.7. The van der Waals surface area contributed by atoms with Crippen molar-refractivity contribution in [3.8, 4) is 23.0 Å². The van der Waals surface area contributed by atoms with Crippen LogP contribution < -0.4 is 19.1 Å². The van der Waals surface area contributed by atoms with Crippen molar-refractivity contribution in [3.63, 3.8) is 0 Å². The number of para-hydroxylation sites is 1. The molecule has 2 amide bonds. The van der Waals surface area contributed by atoms with Crippen molar-refractivity contribution in [3.05, 3.63) is 78.4 Å². The number of ether oxygens (including phenoxy) is 3. The molecule has 4 rings (SSSR count). The van der Waals surface area contributed by atoms with E-state index in [0.717, 1.165) is 11.4 Å². The first kappa shape index (κ1) is 22.2. The van der Waals surface area contributed by atoms with Gasteiger partial charge in [-0.05, 0) is 55.5 Å². The van der Waals surface area contributed by atoms with Crippen LogP contribution in [-0.2, 0) is 4.79 Å². The number of methoxy groups -OCH3 is 2. The summed E-state index contributed by atoms with van der Waals surface area (Å²) in [6, 6.07) is 21.4. The number of anilines is 1. The molecule has 1 aliphatic heterocycles. The second kappa shape index (κ2) is 9.65. The van der Waals surface area contributed by atoms with Crippen LogP contribution in [-0.4, -0.2) is 50.1 Å². The minimum atomic E-state index is -0.638. The second-order valence-corrected chi connectivity index (χ2v) is 7.61. The Kier molecular flexibility index (Phi) is 6.49. The summed E-state index contributed by atoms with van der Waals surface area (Å²) in [5.41, 5.74) is 1.08. The van der Waals surface area contributed by atoms with Gasteiger partial charge in [0.1, 0.15) is 34.6 Å². The lowest BCUT2D eigenvalue weighted by Crippen LogP contribution is -2.57. The van der Waals surface area contributed by atoms with Crippen LogP contribution in [0, 0.1) is 0 Å². The van der Waals surface area contributed by atoms with Crippen molar-refractivity contribution in [1.82, 2.24) is 4.90 Å². The van der Waals surface area contributed by atoms with Gasteiger partial charge in [0, 0.05) is 18.8 Å². The Labute approximate surface area is 193 Å². The topological polar surface area (TPSA) is 68.3 Å². The maximum atomic E-state index is 13.4. The first-order chi connectivity index (χ1) is 16.0. The molecule has 3 aromatic carbocycles. The fraction of sp³-hybridized carbons (Fsp3) is 0.231. The molecule has 0 N–H and O–H groups in total. The van der Waals surface area contributed by atoms with E-state index in [0.29, 0.717) is 35.9 Å². The summed E-state index contributed by atoms with van der Waals surface area (Å²) in [6.45, 7) is 2.50. The third-order valence-electron chi connectivity index (χ3n) is 5.69. The average molecular weight is 447 g/mol. The molecule has 0 saturated carbocycles. The van der Waals surface area contributed by atoms with E-state index in [2.05, 4.69) is 0 Å². The lowest BCUT2D eigenvalue weighted by Gasteiger charge is -2.39. The average Bonchev–Trinajstić information content (AvgIpc) is 2.86. The Hall–Kier alpha value is -4.00. The zero-order valence-corrected chi connectivity index (χ0v) is 18.9. The van der Waals surface area contributed by atoms with Gasteiger partial charge in [0.25, 0.3) is 5.91 Å². The molecular weight excluding hydrogens is 420 g/mol. The molecule has 1 heterocycles. The third-order valence-corrected chi connectivity index (χ3v) is 5.69. The smallest absolute Gasteiger partial charge is 0.262 e. The highest BCUT2D eigenvalue weighted by Gasteiger charge is 2.37. The highest BCUT2D eigenvalue weighted by atomic mass is 16.5. The van der Waals surface area contributed by atoms with Crippen LogP contribution in [0.5, 0.6) is 23.0 Å². The summed E-state index contributed by atoms with van der Waals surface area (Å²) in [6.07, 6.45) is 0. The largest absolute Gasteiger partial charge is 0.496 e. The Morgan fingerprint density at radius 3 is 2.03 bits per heavy atom. The number of hydrogen-bond donors (Lipinski definition) is 0. The van der Waals surface area contributed by atoms with Crippen LogP contribution in [0.3, 0.4) is 0 Å². The summed E-state index contributed by atoms with van der Waals surface area (Å²) >= 11 is 0. The van der Waals surface area contributed by atoms with E-state index >= 15 is 0 Å². The number of benzene rings is 3. The van der Waals surface area contributed by atoms with Gasteiger partial charge < -0.3 is 24.0 Å². The van der Waals surface area contributed by atoms with E-state index < -0.39 is 6.04 Å². The highest BCUT2D eigenvalue weighted by molar-refractivity contribution is 6.05. The van der Waals surface area contributed by atoms with Crippen LogP contribution >= 0.6 is 0 Å². The molecule has 3 aromatic rings. The summed E-state index contributed by atoms with van der Waals surface area (Å²) in [4.78, 5) is 29.8. The van der Waals surface area contributed by atoms with Gasteiger partial charge in [-0.15, -0.1) is 0 Å². The molecule has 7 heteroatoms. The molecule has 0 spiro atoms. The fourth-order valence-corrected chi connectivity index (χ4v) is 3.93. The number of amides is 2. The van der Waals surface area contributed by atoms with Gasteiger partial charge in [-0.3, -0.25) is 9.59 Å². The molecule has 1 saturated heterocycles. The van der Waals surface area contributed by atoms with Crippen molar-refractivity contribution >= 4 is 17.5 Å². The van der Waals surface area contributed by atoms with Gasteiger partial charge >= 0.3 is 0 Å². The van der Waals surface area contributed by atoms with E-state index in [9.17, 15) is 9.59 Å². The van der Waals surface area contributed by atoms with Crippen molar-refractivity contribution < 1.29 is 23.8 Å². The Bertz CT molecular complexity index is 1110. The minimum absolute atomic E-state index is 0.153. The molecule has 1 fully saturated rings. The summed E-state index contributed by atoms with van der Waals surface area (Å²) in [5.74, 6) is 1.80. The zero-order valence-electron chi connectivity index (χ0n) is 18.9. The zero-order chi connectivity index (χ0) is 23.4. The van der Waals surface area contributed by atoms with Gasteiger partial charge in [-0.2, -0.15) is 0 Å². The molecule has 0 aliphatic carbocycles. The molecule has 0 bridgehead atoms. The van der Waals surface area contributed by atoms with Crippen LogP contribution in [0.2, 0.25) is 0 Å². The van der Waals surface area contributed by atoms with Gasteiger partial charge in [0.05, 0.1) is 14.2 Å². The predicted molar refractivity (Wildman–Crippen MR) is 125 cm³/mol. The molecule has 1 atom stereocenters. The molecule has 33 heavy (non-hydrogen) atoms. The summed E-state index contributed by atoms with van der Waals surface area (Å²) in [5, 5.41) is 0. The predicted octanol–water partition coefficient (Wildman–Crippen LogP) is 4.37. The number of piperazine rings is 1. The van der Waals surface area contributed by atoms with E-state index in [1.807, 2.05) is 54.6 Å². The monoisotopic (exact) mass is 446 g/mol. The standard InChI is InChI=1S/C26H26N2O5/c1-18-25(29)28(19-12-14-21(15-13-19)33-20-8-5-4-6-9-20)17-16-27(18)26(30)24-22(31-2)10-7-11-23(24)32-3/h4-15,18H,16-17H2,1-3H3. The highest BCUT2D eigenvalue weighted by Crippen LogP contribution is 2.32. The molecule has 0 aromatic heterocycles. The van der Waals surface area contributed by atoms with Crippen molar-refractivity contribution in [2.45, 2.75) is 13.0 Å². The fourth-order valence-electron chi connectivity index (χ4n) is 3.93. The van der Waals surface area contributed by atoms with E-state index in [-0.39, 0.29) is 11.8 Å². The van der Waals surface area contributed by atoms with Crippen LogP contribution in [0.15, 0.2) is 72.8 Å². The molecule has 0 radical (unpaired) electrons. The van der Waals surface area contributed by atoms with E-state index in [1.54, 1.807) is 34.9 Å². The number of carbonyl (C=O) groups is 2. The number of rotatable bonds is 6. The van der Waals surface area contributed by atoms with Crippen molar-refractivity contribution in [1.29, 1.82) is 0 Å². The number of carbonyl (C=O) groups excluding carboxylic acids is 2. The number of nitrogens with zero attached hydrogens (tertiary/aromatic N) is 2. The lowest BCUT2D eigenvalue weighted by molar-refractivity contribution is -0.124. The minimum Gasteiger partial charge on any atom is -0.496 e. The lowest BCUT2D eigenvalue weighted by atomic mass is 10.1.